The molecule has 3 nitrogen and oxygen atoms in total. The van der Waals surface area contributed by atoms with Crippen molar-refractivity contribution in [2.45, 2.75) is 50.1 Å². The zero-order chi connectivity index (χ0) is 10.5. The third kappa shape index (κ3) is 1.67. The van der Waals surface area contributed by atoms with E-state index in [1.807, 2.05) is 6.33 Å². The number of nitrogens with one attached hydrogen (secondary N) is 1. The lowest BCUT2D eigenvalue weighted by atomic mass is 10.2. The topological polar surface area (TPSA) is 29.9 Å². The molecule has 1 heterocycles. The molecule has 3 saturated carbocycles. The van der Waals surface area contributed by atoms with Crippen LogP contribution in [0.3, 0.4) is 0 Å². The van der Waals surface area contributed by atoms with Crippen molar-refractivity contribution < 1.29 is 0 Å². The second-order valence-corrected chi connectivity index (χ2v) is 5.74. The van der Waals surface area contributed by atoms with E-state index in [9.17, 15) is 0 Å². The molecule has 4 rings (SSSR count). The molecule has 16 heavy (non-hydrogen) atoms. The third-order valence-corrected chi connectivity index (χ3v) is 4.18. The highest BCUT2D eigenvalue weighted by Gasteiger charge is 2.42. The van der Waals surface area contributed by atoms with Crippen LogP contribution < -0.4 is 5.32 Å². The van der Waals surface area contributed by atoms with E-state index in [0.29, 0.717) is 0 Å². The molecule has 3 aliphatic rings. The average Bonchev–Trinajstić information content (AvgIpc) is 3.16. The largest absolute Gasteiger partial charge is 0.331 e. The van der Waals surface area contributed by atoms with Gasteiger partial charge in [0.05, 0.1) is 6.33 Å². The van der Waals surface area contributed by atoms with Crippen LogP contribution in [0.15, 0.2) is 12.5 Å². The second-order valence-electron chi connectivity index (χ2n) is 5.74. The van der Waals surface area contributed by atoms with Crippen molar-refractivity contribution >= 4 is 0 Å². The standard InChI is InChI=1S/C13H19N3/c1-2-10(1)15-6-9-5-12(9)13-7-14-8-16(13)11-3-4-11/h7-12,15H,1-6H2. The highest BCUT2D eigenvalue weighted by molar-refractivity contribution is 5.18. The minimum absolute atomic E-state index is 0.787. The van der Waals surface area contributed by atoms with Crippen molar-refractivity contribution in [1.82, 2.24) is 14.9 Å². The molecule has 3 heteroatoms. The van der Waals surface area contributed by atoms with Crippen LogP contribution >= 0.6 is 0 Å². The van der Waals surface area contributed by atoms with Gasteiger partial charge < -0.3 is 9.88 Å². The van der Waals surface area contributed by atoms with E-state index >= 15 is 0 Å². The number of hydrogen-bond donors (Lipinski definition) is 1. The van der Waals surface area contributed by atoms with E-state index in [1.54, 1.807) is 0 Å². The summed E-state index contributed by atoms with van der Waals surface area (Å²) in [6.45, 7) is 1.23. The van der Waals surface area contributed by atoms with Gasteiger partial charge in [0.2, 0.25) is 0 Å². The first kappa shape index (κ1) is 9.23. The molecule has 3 fully saturated rings. The summed E-state index contributed by atoms with van der Waals surface area (Å²) in [7, 11) is 0. The lowest BCUT2D eigenvalue weighted by molar-refractivity contribution is 0.609. The zero-order valence-corrected chi connectivity index (χ0v) is 9.60. The van der Waals surface area contributed by atoms with Crippen molar-refractivity contribution in [3.63, 3.8) is 0 Å². The Morgan fingerprint density at radius 1 is 1.31 bits per heavy atom. The number of rotatable bonds is 5. The van der Waals surface area contributed by atoms with Crippen molar-refractivity contribution in [2.75, 3.05) is 6.54 Å². The Bertz CT molecular complexity index is 390. The SMILES string of the molecule is c1ncn(C2CC2)c1C1CC1CNC1CC1. The molecule has 1 aromatic rings. The van der Waals surface area contributed by atoms with Crippen molar-refractivity contribution in [2.24, 2.45) is 5.92 Å². The first-order valence-corrected chi connectivity index (χ1v) is 6.67. The Hall–Kier alpha value is -0.830. The van der Waals surface area contributed by atoms with Crippen LogP contribution in [-0.2, 0) is 0 Å². The molecular formula is C13H19N3. The normalized spacial score (nSPS) is 33.0. The smallest absolute Gasteiger partial charge is 0.0950 e. The minimum Gasteiger partial charge on any atom is -0.331 e. The molecule has 1 aromatic heterocycles. The number of imidazole rings is 1. The molecule has 2 atom stereocenters. The van der Waals surface area contributed by atoms with Crippen LogP contribution in [-0.4, -0.2) is 22.1 Å². The molecule has 3 aliphatic carbocycles. The van der Waals surface area contributed by atoms with Gasteiger partial charge in [-0.1, -0.05) is 0 Å². The maximum Gasteiger partial charge on any atom is 0.0950 e. The molecule has 1 N–H and O–H groups in total. The van der Waals surface area contributed by atoms with Crippen molar-refractivity contribution in [1.29, 1.82) is 0 Å². The van der Waals surface area contributed by atoms with Crippen LogP contribution in [0, 0.1) is 5.92 Å². The summed E-state index contributed by atoms with van der Waals surface area (Å²) in [5.74, 6) is 1.68. The Labute approximate surface area is 96.3 Å². The first-order chi connectivity index (χ1) is 7.92. The van der Waals surface area contributed by atoms with E-state index in [0.717, 1.165) is 23.9 Å². The van der Waals surface area contributed by atoms with Crippen molar-refractivity contribution in [3.8, 4) is 0 Å². The number of aromatic nitrogens is 2. The van der Waals surface area contributed by atoms with Gasteiger partial charge in [-0.25, -0.2) is 4.98 Å². The van der Waals surface area contributed by atoms with Crippen LogP contribution in [0.5, 0.6) is 0 Å². The first-order valence-electron chi connectivity index (χ1n) is 6.67. The molecule has 0 bridgehead atoms. The highest BCUT2D eigenvalue weighted by Crippen LogP contribution is 2.49. The lowest BCUT2D eigenvalue weighted by Crippen LogP contribution is -2.19. The Kier molecular flexibility index (Phi) is 1.92. The summed E-state index contributed by atoms with van der Waals surface area (Å²) >= 11 is 0. The van der Waals surface area contributed by atoms with Gasteiger partial charge in [0.15, 0.2) is 0 Å². The van der Waals surface area contributed by atoms with Crippen LogP contribution in [0.1, 0.15) is 49.8 Å². The van der Waals surface area contributed by atoms with Crippen LogP contribution in [0.2, 0.25) is 0 Å². The van der Waals surface area contributed by atoms with E-state index in [-0.39, 0.29) is 0 Å². The Morgan fingerprint density at radius 2 is 2.19 bits per heavy atom. The molecular weight excluding hydrogens is 198 g/mol. The molecule has 0 radical (unpaired) electrons. The van der Waals surface area contributed by atoms with Crippen molar-refractivity contribution in [3.05, 3.63) is 18.2 Å². The molecule has 0 aliphatic heterocycles. The van der Waals surface area contributed by atoms with Gasteiger partial charge in [0.25, 0.3) is 0 Å². The monoisotopic (exact) mass is 217 g/mol. The molecule has 86 valence electrons. The molecule has 0 saturated heterocycles. The Balaban J connectivity index is 1.40. The predicted octanol–water partition coefficient (Wildman–Crippen LogP) is 2.07. The van der Waals surface area contributed by atoms with E-state index in [4.69, 9.17) is 0 Å². The fourth-order valence-electron chi connectivity index (χ4n) is 2.70. The average molecular weight is 217 g/mol. The molecule has 0 spiro atoms. The predicted molar refractivity (Wildman–Crippen MR) is 62.4 cm³/mol. The zero-order valence-electron chi connectivity index (χ0n) is 9.60. The fourth-order valence-corrected chi connectivity index (χ4v) is 2.70. The van der Waals surface area contributed by atoms with Gasteiger partial charge in [0, 0.05) is 29.9 Å². The van der Waals surface area contributed by atoms with E-state index in [2.05, 4.69) is 21.1 Å². The van der Waals surface area contributed by atoms with Gasteiger partial charge in [0.1, 0.15) is 0 Å². The van der Waals surface area contributed by atoms with E-state index in [1.165, 1.54) is 44.3 Å². The van der Waals surface area contributed by atoms with Gasteiger partial charge >= 0.3 is 0 Å². The fraction of sp³-hybridized carbons (Fsp3) is 0.769. The second kappa shape index (κ2) is 3.33. The summed E-state index contributed by atoms with van der Waals surface area (Å²) in [5.41, 5.74) is 1.50. The third-order valence-electron chi connectivity index (χ3n) is 4.18. The molecule has 0 aromatic carbocycles. The van der Waals surface area contributed by atoms with Crippen LogP contribution in [0.25, 0.3) is 0 Å². The van der Waals surface area contributed by atoms with Gasteiger partial charge in [-0.2, -0.15) is 0 Å². The maximum absolute atomic E-state index is 4.33. The van der Waals surface area contributed by atoms with Crippen LogP contribution in [0.4, 0.5) is 0 Å². The quantitative estimate of drug-likeness (QED) is 0.818. The van der Waals surface area contributed by atoms with Gasteiger partial charge in [-0.05, 0) is 44.6 Å². The van der Waals surface area contributed by atoms with Gasteiger partial charge in [-0.15, -0.1) is 0 Å². The summed E-state index contributed by atoms with van der Waals surface area (Å²) in [4.78, 5) is 4.33. The summed E-state index contributed by atoms with van der Waals surface area (Å²) in [6, 6.07) is 1.64. The van der Waals surface area contributed by atoms with E-state index < -0.39 is 0 Å². The molecule has 2 unspecified atom stereocenters. The Morgan fingerprint density at radius 3 is 2.94 bits per heavy atom. The highest BCUT2D eigenvalue weighted by atomic mass is 15.1. The summed E-state index contributed by atoms with van der Waals surface area (Å²) in [5, 5.41) is 3.65. The lowest BCUT2D eigenvalue weighted by Gasteiger charge is -2.06. The number of nitrogens with zero attached hydrogens (tertiary/aromatic N) is 2. The molecule has 0 amide bonds. The maximum atomic E-state index is 4.33. The van der Waals surface area contributed by atoms with Gasteiger partial charge in [-0.3, -0.25) is 0 Å². The summed E-state index contributed by atoms with van der Waals surface area (Å²) in [6.07, 6.45) is 11.0. The summed E-state index contributed by atoms with van der Waals surface area (Å²) < 4.78 is 2.43. The number of hydrogen-bond acceptors (Lipinski definition) is 2. The minimum atomic E-state index is 0.787.